The third kappa shape index (κ3) is 4.14. The number of amides is 1. The zero-order valence-electron chi connectivity index (χ0n) is 8.79. The highest BCUT2D eigenvalue weighted by molar-refractivity contribution is 5.93. The number of aliphatic carboxylic acids is 1. The molecule has 4 nitrogen and oxygen atoms in total. The summed E-state index contributed by atoms with van der Waals surface area (Å²) in [5, 5.41) is 11.4. The van der Waals surface area contributed by atoms with Crippen molar-refractivity contribution in [2.45, 2.75) is 44.6 Å². The molecule has 1 saturated carbocycles. The Hall–Kier alpha value is -1.32. The molecular formula is C11H17NO3. The van der Waals surface area contributed by atoms with Gasteiger partial charge in [0.15, 0.2) is 0 Å². The lowest BCUT2D eigenvalue weighted by atomic mass is 9.95. The average molecular weight is 211 g/mol. The van der Waals surface area contributed by atoms with E-state index in [1.54, 1.807) is 0 Å². The lowest BCUT2D eigenvalue weighted by molar-refractivity contribution is -0.134. The molecule has 1 fully saturated rings. The maximum absolute atomic E-state index is 11.4. The Morgan fingerprint density at radius 2 is 1.87 bits per heavy atom. The summed E-state index contributed by atoms with van der Waals surface area (Å²) in [6, 6.07) is 0.229. The van der Waals surface area contributed by atoms with Crippen LogP contribution in [-0.2, 0) is 9.59 Å². The minimum Gasteiger partial charge on any atom is -0.478 e. The molecule has 0 bridgehead atoms. The third-order valence-corrected chi connectivity index (χ3v) is 2.65. The van der Waals surface area contributed by atoms with Gasteiger partial charge in [0.25, 0.3) is 0 Å². The summed E-state index contributed by atoms with van der Waals surface area (Å²) in [6.45, 7) is 3.33. The van der Waals surface area contributed by atoms with Crippen molar-refractivity contribution < 1.29 is 14.7 Å². The molecule has 1 rings (SSSR count). The van der Waals surface area contributed by atoms with Crippen molar-refractivity contribution in [1.82, 2.24) is 5.32 Å². The normalized spacial score (nSPS) is 17.1. The van der Waals surface area contributed by atoms with E-state index in [2.05, 4.69) is 11.9 Å². The van der Waals surface area contributed by atoms with Gasteiger partial charge in [0, 0.05) is 11.6 Å². The first-order valence-corrected chi connectivity index (χ1v) is 5.30. The molecule has 0 saturated heterocycles. The molecule has 0 heterocycles. The summed E-state index contributed by atoms with van der Waals surface area (Å²) in [4.78, 5) is 21.8. The summed E-state index contributed by atoms with van der Waals surface area (Å²) in [5.41, 5.74) is -0.0525. The van der Waals surface area contributed by atoms with E-state index < -0.39 is 5.97 Å². The fourth-order valence-electron chi connectivity index (χ4n) is 1.80. The fourth-order valence-corrected chi connectivity index (χ4v) is 1.80. The first kappa shape index (κ1) is 11.8. The van der Waals surface area contributed by atoms with Gasteiger partial charge in [-0.1, -0.05) is 25.8 Å². The molecule has 2 N–H and O–H groups in total. The van der Waals surface area contributed by atoms with Crippen molar-refractivity contribution in [2.75, 3.05) is 0 Å². The van der Waals surface area contributed by atoms with Gasteiger partial charge in [-0.3, -0.25) is 4.79 Å². The van der Waals surface area contributed by atoms with E-state index in [1.807, 2.05) is 0 Å². The van der Waals surface area contributed by atoms with Crippen LogP contribution in [0.4, 0.5) is 0 Å². The van der Waals surface area contributed by atoms with Crippen molar-refractivity contribution in [1.29, 1.82) is 0 Å². The Morgan fingerprint density at radius 3 is 2.40 bits per heavy atom. The van der Waals surface area contributed by atoms with Crippen LogP contribution in [0.2, 0.25) is 0 Å². The van der Waals surface area contributed by atoms with Crippen molar-refractivity contribution in [3.8, 4) is 0 Å². The molecule has 0 unspecified atom stereocenters. The summed E-state index contributed by atoms with van der Waals surface area (Å²) in [7, 11) is 0. The van der Waals surface area contributed by atoms with Gasteiger partial charge < -0.3 is 10.4 Å². The number of hydrogen-bond donors (Lipinski definition) is 2. The van der Waals surface area contributed by atoms with Crippen LogP contribution in [0.3, 0.4) is 0 Å². The monoisotopic (exact) mass is 211 g/mol. The molecule has 1 amide bonds. The Bertz CT molecular complexity index is 267. The average Bonchev–Trinajstić information content (AvgIpc) is 2.18. The summed E-state index contributed by atoms with van der Waals surface area (Å²) in [5.74, 6) is -1.33. The first-order valence-electron chi connectivity index (χ1n) is 5.30. The SMILES string of the molecule is C=C(CC(=O)NC1CCCCC1)C(=O)O. The Balaban J connectivity index is 2.28. The smallest absolute Gasteiger partial charge is 0.331 e. The molecule has 4 heteroatoms. The molecule has 15 heavy (non-hydrogen) atoms. The van der Waals surface area contributed by atoms with Gasteiger partial charge in [-0.2, -0.15) is 0 Å². The zero-order chi connectivity index (χ0) is 11.3. The van der Waals surface area contributed by atoms with Crippen LogP contribution < -0.4 is 5.32 Å². The van der Waals surface area contributed by atoms with Gasteiger partial charge in [-0.05, 0) is 12.8 Å². The van der Waals surface area contributed by atoms with Crippen molar-refractivity contribution in [3.05, 3.63) is 12.2 Å². The van der Waals surface area contributed by atoms with E-state index >= 15 is 0 Å². The quantitative estimate of drug-likeness (QED) is 0.692. The topological polar surface area (TPSA) is 66.4 Å². The minimum absolute atomic E-state index is 0.0525. The Kier molecular flexibility index (Phi) is 4.34. The van der Waals surface area contributed by atoms with Crippen molar-refractivity contribution in [3.63, 3.8) is 0 Å². The highest BCUT2D eigenvalue weighted by Crippen LogP contribution is 2.17. The molecule has 0 aliphatic heterocycles. The Labute approximate surface area is 89.4 Å². The van der Waals surface area contributed by atoms with Gasteiger partial charge in [-0.15, -0.1) is 0 Å². The number of rotatable bonds is 4. The summed E-state index contributed by atoms with van der Waals surface area (Å²) in [6.07, 6.45) is 5.42. The molecule has 0 radical (unpaired) electrons. The van der Waals surface area contributed by atoms with E-state index in [1.165, 1.54) is 6.42 Å². The highest BCUT2D eigenvalue weighted by Gasteiger charge is 2.17. The van der Waals surface area contributed by atoms with E-state index in [0.717, 1.165) is 25.7 Å². The van der Waals surface area contributed by atoms with Crippen LogP contribution in [-0.4, -0.2) is 23.0 Å². The number of carbonyl (C=O) groups excluding carboxylic acids is 1. The van der Waals surface area contributed by atoms with E-state index in [0.29, 0.717) is 0 Å². The van der Waals surface area contributed by atoms with Crippen LogP contribution in [0, 0.1) is 0 Å². The Morgan fingerprint density at radius 1 is 1.27 bits per heavy atom. The van der Waals surface area contributed by atoms with Gasteiger partial charge >= 0.3 is 5.97 Å². The molecular weight excluding hydrogens is 194 g/mol. The maximum Gasteiger partial charge on any atom is 0.331 e. The molecule has 0 aromatic heterocycles. The lowest BCUT2D eigenvalue weighted by Gasteiger charge is -2.22. The van der Waals surface area contributed by atoms with Crippen LogP contribution in [0.15, 0.2) is 12.2 Å². The minimum atomic E-state index is -1.10. The highest BCUT2D eigenvalue weighted by atomic mass is 16.4. The third-order valence-electron chi connectivity index (χ3n) is 2.65. The molecule has 84 valence electrons. The first-order chi connectivity index (χ1) is 7.09. The van der Waals surface area contributed by atoms with Crippen molar-refractivity contribution >= 4 is 11.9 Å². The molecule has 0 aromatic carbocycles. The molecule has 0 spiro atoms. The number of hydrogen-bond acceptors (Lipinski definition) is 2. The maximum atomic E-state index is 11.4. The van der Waals surface area contributed by atoms with Crippen LogP contribution >= 0.6 is 0 Å². The fraction of sp³-hybridized carbons (Fsp3) is 0.636. The van der Waals surface area contributed by atoms with Gasteiger partial charge in [0.1, 0.15) is 0 Å². The second kappa shape index (κ2) is 5.53. The predicted molar refractivity (Wildman–Crippen MR) is 56.4 cm³/mol. The number of nitrogens with one attached hydrogen (secondary N) is 1. The second-order valence-corrected chi connectivity index (χ2v) is 3.99. The van der Waals surface area contributed by atoms with Crippen molar-refractivity contribution in [2.24, 2.45) is 0 Å². The van der Waals surface area contributed by atoms with Gasteiger partial charge in [0.05, 0.1) is 6.42 Å². The van der Waals surface area contributed by atoms with Gasteiger partial charge in [0.2, 0.25) is 5.91 Å². The standard InChI is InChI=1S/C11H17NO3/c1-8(11(14)15)7-10(13)12-9-5-3-2-4-6-9/h9H,1-7H2,(H,12,13)(H,14,15). The molecule has 1 aliphatic rings. The molecule has 1 aliphatic carbocycles. The van der Waals surface area contributed by atoms with E-state index in [9.17, 15) is 9.59 Å². The number of carbonyl (C=O) groups is 2. The van der Waals surface area contributed by atoms with Crippen LogP contribution in [0.5, 0.6) is 0 Å². The lowest BCUT2D eigenvalue weighted by Crippen LogP contribution is -2.36. The predicted octanol–water partition coefficient (Wildman–Crippen LogP) is 1.47. The number of carboxylic acid groups (broad SMARTS) is 1. The number of carboxylic acids is 1. The summed E-state index contributed by atoms with van der Waals surface area (Å²) < 4.78 is 0. The molecule has 0 atom stereocenters. The van der Waals surface area contributed by atoms with Gasteiger partial charge in [-0.25, -0.2) is 4.79 Å². The second-order valence-electron chi connectivity index (χ2n) is 3.99. The zero-order valence-corrected chi connectivity index (χ0v) is 8.79. The summed E-state index contributed by atoms with van der Waals surface area (Å²) >= 11 is 0. The molecule has 0 aromatic rings. The van der Waals surface area contributed by atoms with E-state index in [4.69, 9.17) is 5.11 Å². The van der Waals surface area contributed by atoms with E-state index in [-0.39, 0.29) is 23.9 Å². The van der Waals surface area contributed by atoms with Crippen LogP contribution in [0.25, 0.3) is 0 Å². The largest absolute Gasteiger partial charge is 0.478 e. The van der Waals surface area contributed by atoms with Crippen LogP contribution in [0.1, 0.15) is 38.5 Å².